The molecule has 0 spiro atoms. The highest BCUT2D eigenvalue weighted by Gasteiger charge is 2.27. The number of alkyl halides is 1. The molecule has 1 saturated carbocycles. The van der Waals surface area contributed by atoms with E-state index >= 15 is 0 Å². The van der Waals surface area contributed by atoms with Crippen molar-refractivity contribution in [1.82, 2.24) is 10.6 Å². The van der Waals surface area contributed by atoms with E-state index in [1.807, 2.05) is 0 Å². The second-order valence-electron chi connectivity index (χ2n) is 4.01. The van der Waals surface area contributed by atoms with Crippen LogP contribution >= 0.6 is 11.6 Å². The Morgan fingerprint density at radius 2 is 2.13 bits per heavy atom. The lowest BCUT2D eigenvalue weighted by Gasteiger charge is -2.11. The quantitative estimate of drug-likeness (QED) is 0.706. The minimum atomic E-state index is -0.419. The van der Waals surface area contributed by atoms with E-state index in [9.17, 15) is 9.59 Å². The zero-order valence-corrected chi connectivity index (χ0v) is 9.64. The molecule has 2 N–H and O–H groups in total. The number of imide groups is 1. The molecule has 0 saturated heterocycles. The molecule has 1 atom stereocenters. The van der Waals surface area contributed by atoms with Crippen molar-refractivity contribution in [2.45, 2.75) is 26.2 Å². The van der Waals surface area contributed by atoms with E-state index in [-0.39, 0.29) is 18.2 Å². The van der Waals surface area contributed by atoms with Crippen molar-refractivity contribution in [3.8, 4) is 0 Å². The first kappa shape index (κ1) is 12.3. The van der Waals surface area contributed by atoms with E-state index in [1.54, 1.807) is 0 Å². The fourth-order valence-corrected chi connectivity index (χ4v) is 1.58. The predicted octanol–water partition coefficient (Wildman–Crippen LogP) is 1.49. The molecule has 4 nitrogen and oxygen atoms in total. The third-order valence-corrected chi connectivity index (χ3v) is 2.77. The molecule has 1 aliphatic carbocycles. The molecule has 5 heteroatoms. The molecule has 1 aliphatic rings. The summed E-state index contributed by atoms with van der Waals surface area (Å²) in [5.41, 5.74) is 0. The Balaban J connectivity index is 2.09. The first-order chi connectivity index (χ1) is 7.13. The van der Waals surface area contributed by atoms with Crippen molar-refractivity contribution in [1.29, 1.82) is 0 Å². The summed E-state index contributed by atoms with van der Waals surface area (Å²) in [7, 11) is 0. The Kier molecular flexibility index (Phi) is 4.88. The molecule has 0 aromatic carbocycles. The summed E-state index contributed by atoms with van der Waals surface area (Å²) in [6.45, 7) is 2.74. The Labute approximate surface area is 94.7 Å². The third kappa shape index (κ3) is 5.02. The molecule has 0 aromatic rings. The van der Waals surface area contributed by atoms with Crippen LogP contribution in [0.1, 0.15) is 26.2 Å². The van der Waals surface area contributed by atoms with Gasteiger partial charge in [0.1, 0.15) is 0 Å². The van der Waals surface area contributed by atoms with Gasteiger partial charge < -0.3 is 5.32 Å². The number of carbonyl (C=O) groups is 2. The maximum Gasteiger partial charge on any atom is 0.321 e. The van der Waals surface area contributed by atoms with E-state index in [0.29, 0.717) is 12.5 Å². The van der Waals surface area contributed by atoms with Gasteiger partial charge in [-0.25, -0.2) is 4.79 Å². The number of rotatable bonds is 5. The fraction of sp³-hybridized carbons (Fsp3) is 0.800. The summed E-state index contributed by atoms with van der Waals surface area (Å²) >= 11 is 5.36. The average molecular weight is 233 g/mol. The van der Waals surface area contributed by atoms with Gasteiger partial charge in [-0.05, 0) is 24.7 Å². The average Bonchev–Trinajstić information content (AvgIpc) is 2.97. The lowest BCUT2D eigenvalue weighted by molar-refractivity contribution is -0.119. The van der Waals surface area contributed by atoms with Crippen LogP contribution in [0.15, 0.2) is 0 Å². The Morgan fingerprint density at radius 3 is 2.67 bits per heavy atom. The number of nitrogens with one attached hydrogen (secondary N) is 2. The molecule has 1 unspecified atom stereocenters. The van der Waals surface area contributed by atoms with E-state index in [1.165, 1.54) is 12.8 Å². The van der Waals surface area contributed by atoms with Crippen molar-refractivity contribution in [3.05, 3.63) is 0 Å². The van der Waals surface area contributed by atoms with Crippen LogP contribution < -0.4 is 10.6 Å². The Bertz CT molecular complexity index is 242. The highest BCUT2D eigenvalue weighted by atomic mass is 35.5. The highest BCUT2D eigenvalue weighted by Crippen LogP contribution is 2.35. The van der Waals surface area contributed by atoms with Crippen molar-refractivity contribution in [3.63, 3.8) is 0 Å². The van der Waals surface area contributed by atoms with Crippen molar-refractivity contribution >= 4 is 23.5 Å². The van der Waals surface area contributed by atoms with Crippen LogP contribution in [-0.2, 0) is 4.79 Å². The van der Waals surface area contributed by atoms with E-state index < -0.39 is 6.03 Å². The molecule has 0 bridgehead atoms. The number of hydrogen-bond acceptors (Lipinski definition) is 2. The van der Waals surface area contributed by atoms with Crippen LogP contribution in [0.3, 0.4) is 0 Å². The number of amides is 3. The summed E-state index contributed by atoms with van der Waals surface area (Å²) < 4.78 is 0. The normalized spacial score (nSPS) is 16.9. The molecular weight excluding hydrogens is 216 g/mol. The number of hydrogen-bond donors (Lipinski definition) is 2. The maximum absolute atomic E-state index is 11.2. The molecule has 1 fully saturated rings. The first-order valence-electron chi connectivity index (χ1n) is 5.27. The van der Waals surface area contributed by atoms with Gasteiger partial charge in [-0.3, -0.25) is 10.1 Å². The highest BCUT2D eigenvalue weighted by molar-refractivity contribution is 6.19. The number of halogens is 1. The van der Waals surface area contributed by atoms with Crippen LogP contribution in [0.25, 0.3) is 0 Å². The van der Waals surface area contributed by atoms with E-state index in [0.717, 1.165) is 5.92 Å². The van der Waals surface area contributed by atoms with Crippen LogP contribution in [0.2, 0.25) is 0 Å². The molecule has 15 heavy (non-hydrogen) atoms. The molecule has 0 aliphatic heterocycles. The van der Waals surface area contributed by atoms with Gasteiger partial charge in [0.15, 0.2) is 0 Å². The van der Waals surface area contributed by atoms with Crippen molar-refractivity contribution in [2.24, 2.45) is 11.8 Å². The Hall–Kier alpha value is -0.770. The number of carbonyl (C=O) groups excluding carboxylic acids is 2. The summed E-state index contributed by atoms with van der Waals surface area (Å²) in [6.07, 6.45) is 2.69. The van der Waals surface area contributed by atoms with Gasteiger partial charge >= 0.3 is 6.03 Å². The van der Waals surface area contributed by atoms with Crippen LogP contribution in [-0.4, -0.2) is 24.4 Å². The number of urea groups is 1. The van der Waals surface area contributed by atoms with E-state index in [4.69, 9.17) is 11.6 Å². The summed E-state index contributed by atoms with van der Waals surface area (Å²) in [4.78, 5) is 22.2. The van der Waals surface area contributed by atoms with Crippen molar-refractivity contribution in [2.75, 3.05) is 12.4 Å². The van der Waals surface area contributed by atoms with Gasteiger partial charge in [0.2, 0.25) is 5.91 Å². The van der Waals surface area contributed by atoms with Gasteiger partial charge in [0, 0.05) is 18.8 Å². The summed E-state index contributed by atoms with van der Waals surface area (Å²) in [5.74, 6) is 1.15. The summed E-state index contributed by atoms with van der Waals surface area (Å²) in [5, 5.41) is 4.90. The third-order valence-electron chi connectivity index (χ3n) is 2.59. The van der Waals surface area contributed by atoms with Crippen LogP contribution in [0, 0.1) is 11.8 Å². The largest absolute Gasteiger partial charge is 0.338 e. The SMILES string of the molecule is CC(CNC(=O)NC(=O)CCCl)C1CC1. The lowest BCUT2D eigenvalue weighted by Crippen LogP contribution is -2.41. The molecular formula is C10H17ClN2O2. The molecule has 0 aromatic heterocycles. The smallest absolute Gasteiger partial charge is 0.321 e. The predicted molar refractivity (Wildman–Crippen MR) is 58.8 cm³/mol. The molecule has 1 rings (SSSR count). The fourth-order valence-electron chi connectivity index (χ4n) is 1.40. The van der Waals surface area contributed by atoms with E-state index in [2.05, 4.69) is 17.6 Å². The maximum atomic E-state index is 11.2. The van der Waals surface area contributed by atoms with Crippen LogP contribution in [0.4, 0.5) is 4.79 Å². The molecule has 86 valence electrons. The van der Waals surface area contributed by atoms with Gasteiger partial charge in [-0.2, -0.15) is 0 Å². The monoisotopic (exact) mass is 232 g/mol. The lowest BCUT2D eigenvalue weighted by atomic mass is 10.1. The second-order valence-corrected chi connectivity index (χ2v) is 4.39. The minimum Gasteiger partial charge on any atom is -0.338 e. The molecule has 0 heterocycles. The minimum absolute atomic E-state index is 0.174. The second kappa shape index (κ2) is 5.95. The summed E-state index contributed by atoms with van der Waals surface area (Å²) in [6, 6.07) is -0.419. The zero-order chi connectivity index (χ0) is 11.3. The van der Waals surface area contributed by atoms with Crippen molar-refractivity contribution < 1.29 is 9.59 Å². The topological polar surface area (TPSA) is 58.2 Å². The molecule has 0 radical (unpaired) electrons. The first-order valence-corrected chi connectivity index (χ1v) is 5.80. The molecule has 3 amide bonds. The van der Waals surface area contributed by atoms with Gasteiger partial charge in [-0.1, -0.05) is 6.92 Å². The van der Waals surface area contributed by atoms with Gasteiger partial charge in [-0.15, -0.1) is 11.6 Å². The standard InChI is InChI=1S/C10H17ClN2O2/c1-7(8-2-3-8)6-12-10(15)13-9(14)4-5-11/h7-8H,2-6H2,1H3,(H2,12,13,14,15). The van der Waals surface area contributed by atoms with Gasteiger partial charge in [0.25, 0.3) is 0 Å². The Morgan fingerprint density at radius 1 is 1.47 bits per heavy atom. The van der Waals surface area contributed by atoms with Gasteiger partial charge in [0.05, 0.1) is 0 Å². The van der Waals surface area contributed by atoms with Crippen LogP contribution in [0.5, 0.6) is 0 Å². The zero-order valence-electron chi connectivity index (χ0n) is 8.88.